The van der Waals surface area contributed by atoms with E-state index >= 15 is 0 Å². The number of Topliss-reactive ketones (excluding diaryl/α,β-unsaturated/α-hetero) is 1. The van der Waals surface area contributed by atoms with E-state index in [-0.39, 0.29) is 23.9 Å². The van der Waals surface area contributed by atoms with Gasteiger partial charge in [-0.15, -0.1) is 0 Å². The van der Waals surface area contributed by atoms with Crippen LogP contribution in [0.5, 0.6) is 28.7 Å². The van der Waals surface area contributed by atoms with Crippen LogP contribution in [-0.2, 0) is 6.42 Å². The number of rotatable bonds is 2. The lowest BCUT2D eigenvalue weighted by Gasteiger charge is -2.37. The van der Waals surface area contributed by atoms with E-state index in [9.17, 15) is 15.0 Å². The summed E-state index contributed by atoms with van der Waals surface area (Å²) in [4.78, 5) is 13.1. The Morgan fingerprint density at radius 2 is 1.93 bits per heavy atom. The van der Waals surface area contributed by atoms with E-state index in [0.29, 0.717) is 40.4 Å². The molecule has 0 fully saturated rings. The molecular formula is C24H28O6. The van der Waals surface area contributed by atoms with Crippen LogP contribution in [0.15, 0.2) is 35.9 Å². The molecule has 0 spiro atoms. The van der Waals surface area contributed by atoms with Crippen molar-refractivity contribution in [3.05, 3.63) is 52.6 Å². The number of ether oxygens (including phenoxy) is 3. The molecule has 2 heterocycles. The Morgan fingerprint density at radius 3 is 2.53 bits per heavy atom. The van der Waals surface area contributed by atoms with Crippen molar-refractivity contribution in [1.29, 1.82) is 0 Å². The molecule has 0 saturated heterocycles. The Bertz CT molecular complexity index is 988. The average Bonchev–Trinajstić information content (AvgIpc) is 2.73. The van der Waals surface area contributed by atoms with Crippen LogP contribution in [0.3, 0.4) is 0 Å². The van der Waals surface area contributed by atoms with Gasteiger partial charge in [0.05, 0.1) is 18.6 Å². The molecule has 0 aliphatic carbocycles. The molecular weight excluding hydrogens is 384 g/mol. The summed E-state index contributed by atoms with van der Waals surface area (Å²) in [5.41, 5.74) is 3.02. The van der Waals surface area contributed by atoms with E-state index in [1.54, 1.807) is 12.1 Å². The summed E-state index contributed by atoms with van der Waals surface area (Å²) in [7, 11) is 1.46. The fourth-order valence-corrected chi connectivity index (χ4v) is 3.58. The van der Waals surface area contributed by atoms with Crippen LogP contribution < -0.4 is 14.2 Å². The fraction of sp³-hybridized carbons (Fsp3) is 0.375. The normalized spacial score (nSPS) is 18.4. The first-order valence-corrected chi connectivity index (χ1v) is 10.0. The highest BCUT2D eigenvalue weighted by atomic mass is 16.5. The molecule has 4 rings (SSSR count). The summed E-state index contributed by atoms with van der Waals surface area (Å²) in [5.74, 6) is 0.623. The summed E-state index contributed by atoms with van der Waals surface area (Å²) < 4.78 is 16.9. The molecule has 0 radical (unpaired) electrons. The van der Waals surface area contributed by atoms with Gasteiger partial charge in [0.1, 0.15) is 30.0 Å². The standard InChI is InChI=1S/C19H18O6.C5H10/c1-3-9-12(20)5-4-10-18(22)17-11-6-13(21)15(23-2)7-14(11)24-8-16(17)25-19(9)10;1-4-5(2)3/h4-7,16-17,20-21H,3,8H2,1-2H3;4H,1-3H3. The minimum atomic E-state index is -0.567. The van der Waals surface area contributed by atoms with Gasteiger partial charge in [0.25, 0.3) is 0 Å². The molecule has 0 bridgehead atoms. The van der Waals surface area contributed by atoms with Crippen LogP contribution in [-0.4, -0.2) is 35.8 Å². The van der Waals surface area contributed by atoms with Gasteiger partial charge in [-0.25, -0.2) is 0 Å². The van der Waals surface area contributed by atoms with Crippen LogP contribution in [0, 0.1) is 0 Å². The van der Waals surface area contributed by atoms with Crippen LogP contribution in [0.1, 0.15) is 55.1 Å². The van der Waals surface area contributed by atoms with Crippen molar-refractivity contribution < 1.29 is 29.2 Å². The van der Waals surface area contributed by atoms with Gasteiger partial charge < -0.3 is 24.4 Å². The fourth-order valence-electron chi connectivity index (χ4n) is 3.58. The van der Waals surface area contributed by atoms with Gasteiger partial charge in [0.2, 0.25) is 0 Å². The molecule has 2 unspecified atom stereocenters. The lowest BCUT2D eigenvalue weighted by molar-refractivity contribution is 0.0553. The number of carbonyl (C=O) groups excluding carboxylic acids is 1. The molecule has 160 valence electrons. The highest BCUT2D eigenvalue weighted by molar-refractivity contribution is 6.05. The van der Waals surface area contributed by atoms with Gasteiger partial charge in [-0.3, -0.25) is 4.79 Å². The second-order valence-electron chi connectivity index (χ2n) is 7.53. The van der Waals surface area contributed by atoms with Crippen LogP contribution in [0.25, 0.3) is 0 Å². The van der Waals surface area contributed by atoms with E-state index in [2.05, 4.69) is 19.9 Å². The van der Waals surface area contributed by atoms with E-state index in [1.165, 1.54) is 24.8 Å². The maximum atomic E-state index is 13.1. The Morgan fingerprint density at radius 1 is 1.23 bits per heavy atom. The number of aromatic hydroxyl groups is 2. The van der Waals surface area contributed by atoms with E-state index in [1.807, 2.05) is 13.8 Å². The number of hydrogen-bond acceptors (Lipinski definition) is 6. The number of fused-ring (bicyclic) bond motifs is 4. The quantitative estimate of drug-likeness (QED) is 0.692. The van der Waals surface area contributed by atoms with Gasteiger partial charge in [0.15, 0.2) is 17.3 Å². The molecule has 6 nitrogen and oxygen atoms in total. The van der Waals surface area contributed by atoms with Crippen LogP contribution >= 0.6 is 0 Å². The summed E-state index contributed by atoms with van der Waals surface area (Å²) in [6, 6.07) is 6.18. The smallest absolute Gasteiger partial charge is 0.178 e. The number of ketones is 1. The molecule has 2 aliphatic heterocycles. The Labute approximate surface area is 176 Å². The minimum absolute atomic E-state index is 0.0518. The topological polar surface area (TPSA) is 85.2 Å². The third-order valence-electron chi connectivity index (χ3n) is 5.41. The minimum Gasteiger partial charge on any atom is -0.508 e. The monoisotopic (exact) mass is 412 g/mol. The van der Waals surface area contributed by atoms with Crippen LogP contribution in [0.2, 0.25) is 0 Å². The van der Waals surface area contributed by atoms with Gasteiger partial charge in [-0.1, -0.05) is 18.6 Å². The predicted molar refractivity (Wildman–Crippen MR) is 114 cm³/mol. The van der Waals surface area contributed by atoms with Crippen molar-refractivity contribution in [3.8, 4) is 28.7 Å². The van der Waals surface area contributed by atoms with Crippen LogP contribution in [0.4, 0.5) is 0 Å². The summed E-state index contributed by atoms with van der Waals surface area (Å²) in [6.45, 7) is 8.30. The SMILES string of the molecule is CC=C(C)C.CCc1c(O)ccc2c1OC1COc3cc(OC)c(O)cc3C1C2=O. The summed E-state index contributed by atoms with van der Waals surface area (Å²) in [6.07, 6.45) is 2.13. The number of allylic oxidation sites excluding steroid dienone is 2. The second kappa shape index (κ2) is 8.69. The zero-order chi connectivity index (χ0) is 22.0. The number of benzene rings is 2. The first kappa shape index (κ1) is 21.6. The highest BCUT2D eigenvalue weighted by Gasteiger charge is 2.44. The zero-order valence-corrected chi connectivity index (χ0v) is 18.0. The number of phenolic OH excluding ortho intramolecular Hbond substituents is 2. The molecule has 2 aromatic carbocycles. The van der Waals surface area contributed by atoms with Gasteiger partial charge in [0, 0.05) is 17.2 Å². The number of phenols is 2. The lowest BCUT2D eigenvalue weighted by atomic mass is 9.81. The maximum Gasteiger partial charge on any atom is 0.178 e. The Balaban J connectivity index is 0.000000461. The molecule has 30 heavy (non-hydrogen) atoms. The number of carbonyl (C=O) groups is 1. The molecule has 0 amide bonds. The Hall–Kier alpha value is -3.15. The third-order valence-corrected chi connectivity index (χ3v) is 5.41. The molecule has 2 aromatic rings. The van der Waals surface area contributed by atoms with Crippen molar-refractivity contribution in [1.82, 2.24) is 0 Å². The summed E-state index contributed by atoms with van der Waals surface area (Å²) >= 11 is 0. The molecule has 2 aliphatic rings. The Kier molecular flexibility index (Phi) is 6.25. The number of methoxy groups -OCH3 is 1. The molecule has 6 heteroatoms. The van der Waals surface area contributed by atoms with Gasteiger partial charge in [-0.05, 0) is 45.4 Å². The molecule has 0 saturated carbocycles. The van der Waals surface area contributed by atoms with Crippen molar-refractivity contribution in [2.24, 2.45) is 0 Å². The second-order valence-corrected chi connectivity index (χ2v) is 7.53. The highest BCUT2D eigenvalue weighted by Crippen LogP contribution is 2.48. The third kappa shape index (κ3) is 3.82. The number of hydrogen-bond donors (Lipinski definition) is 2. The maximum absolute atomic E-state index is 13.1. The average molecular weight is 412 g/mol. The first-order valence-electron chi connectivity index (χ1n) is 10.0. The predicted octanol–water partition coefficient (Wildman–Crippen LogP) is 4.76. The van der Waals surface area contributed by atoms with E-state index < -0.39 is 12.0 Å². The first-order chi connectivity index (χ1) is 14.3. The molecule has 0 aromatic heterocycles. The van der Waals surface area contributed by atoms with Gasteiger partial charge in [-0.2, -0.15) is 0 Å². The molecule has 2 atom stereocenters. The van der Waals surface area contributed by atoms with E-state index in [4.69, 9.17) is 14.2 Å². The largest absolute Gasteiger partial charge is 0.508 e. The van der Waals surface area contributed by atoms with Crippen molar-refractivity contribution >= 4 is 5.78 Å². The zero-order valence-electron chi connectivity index (χ0n) is 18.0. The lowest BCUT2D eigenvalue weighted by Crippen LogP contribution is -2.43. The van der Waals surface area contributed by atoms with E-state index in [0.717, 1.165) is 0 Å². The molecule has 2 N–H and O–H groups in total. The van der Waals surface area contributed by atoms with Crippen molar-refractivity contribution in [3.63, 3.8) is 0 Å². The van der Waals surface area contributed by atoms with Crippen molar-refractivity contribution in [2.75, 3.05) is 13.7 Å². The van der Waals surface area contributed by atoms with Crippen molar-refractivity contribution in [2.45, 2.75) is 46.1 Å². The summed E-state index contributed by atoms with van der Waals surface area (Å²) in [5, 5.41) is 20.1. The van der Waals surface area contributed by atoms with Gasteiger partial charge >= 0.3 is 0 Å².